The molecule has 306 valence electrons. The van der Waals surface area contributed by atoms with E-state index in [9.17, 15) is 37.9 Å². The number of hydrogen-bond acceptors (Lipinski definition) is 11. The van der Waals surface area contributed by atoms with Crippen molar-refractivity contribution in [2.75, 3.05) is 19.0 Å². The van der Waals surface area contributed by atoms with Crippen molar-refractivity contribution in [3.63, 3.8) is 0 Å². The van der Waals surface area contributed by atoms with E-state index in [1.807, 2.05) is 0 Å². The minimum atomic E-state index is -4.59. The Kier molecular flexibility index (Phi) is 28.6. The summed E-state index contributed by atoms with van der Waals surface area (Å²) in [4.78, 5) is 25.2. The van der Waals surface area contributed by atoms with E-state index < -0.39 is 71.2 Å². The van der Waals surface area contributed by atoms with Crippen LogP contribution in [0.25, 0.3) is 0 Å². The van der Waals surface area contributed by atoms with Gasteiger partial charge in [0.25, 0.3) is 10.1 Å². The summed E-state index contributed by atoms with van der Waals surface area (Å²) in [7, 11) is -4.59. The second kappa shape index (κ2) is 30.7. The molecular weight excluding hydrogens is 692 g/mol. The Morgan fingerprint density at radius 1 is 0.635 bits per heavy atom. The Morgan fingerprint density at radius 2 is 1.10 bits per heavy atom. The Labute approximate surface area is 314 Å². The average molecular weight is 765 g/mol. The molecule has 1 aliphatic rings. The van der Waals surface area contributed by atoms with Crippen molar-refractivity contribution < 1.29 is 56.8 Å². The van der Waals surface area contributed by atoms with Gasteiger partial charge in [-0.05, 0) is 38.5 Å². The van der Waals surface area contributed by atoms with E-state index in [0.717, 1.165) is 44.9 Å². The molecule has 0 aromatic heterocycles. The molecule has 52 heavy (non-hydrogen) atoms. The first-order valence-corrected chi connectivity index (χ1v) is 21.9. The molecule has 0 aliphatic carbocycles. The van der Waals surface area contributed by atoms with Crippen molar-refractivity contribution in [2.24, 2.45) is 0 Å². The number of esters is 2. The van der Waals surface area contributed by atoms with Crippen molar-refractivity contribution in [1.82, 2.24) is 0 Å². The summed E-state index contributed by atoms with van der Waals surface area (Å²) in [6.45, 7) is 3.70. The van der Waals surface area contributed by atoms with Crippen LogP contribution in [0.4, 0.5) is 0 Å². The maximum atomic E-state index is 12.7. The van der Waals surface area contributed by atoms with Gasteiger partial charge in [0, 0.05) is 12.8 Å². The maximum absolute atomic E-state index is 12.7. The van der Waals surface area contributed by atoms with E-state index in [1.165, 1.54) is 83.5 Å². The van der Waals surface area contributed by atoms with Gasteiger partial charge in [0.05, 0.1) is 6.61 Å². The fourth-order valence-corrected chi connectivity index (χ4v) is 6.83. The van der Waals surface area contributed by atoms with Gasteiger partial charge in [0.2, 0.25) is 0 Å². The molecule has 1 fully saturated rings. The molecule has 12 nitrogen and oxygen atoms in total. The SMILES string of the molecule is CCCCCCCCCC/C=C/CCCCCC(=O)O[C@H](COC(=O)CCCCCCCCCCC)CO[C@H]1O[C@H](CS(=O)(=O)O)[C@@H](O)C(O)C1O. The van der Waals surface area contributed by atoms with Crippen LogP contribution < -0.4 is 0 Å². The molecule has 1 heterocycles. The molecule has 0 radical (unpaired) electrons. The van der Waals surface area contributed by atoms with Crippen molar-refractivity contribution in [2.45, 2.75) is 205 Å². The monoisotopic (exact) mass is 764 g/mol. The molecule has 0 aromatic carbocycles. The summed E-state index contributed by atoms with van der Waals surface area (Å²) in [5.74, 6) is -2.00. The van der Waals surface area contributed by atoms with Crippen LogP contribution in [0.15, 0.2) is 12.2 Å². The molecule has 1 saturated heterocycles. The molecule has 2 unspecified atom stereocenters. The molecule has 1 rings (SSSR count). The zero-order chi connectivity index (χ0) is 38.5. The van der Waals surface area contributed by atoms with E-state index >= 15 is 0 Å². The molecule has 0 spiro atoms. The minimum absolute atomic E-state index is 0.148. The summed E-state index contributed by atoms with van der Waals surface area (Å²) in [5.41, 5.74) is 0. The van der Waals surface area contributed by atoms with Gasteiger partial charge in [-0.25, -0.2) is 0 Å². The van der Waals surface area contributed by atoms with Crippen LogP contribution in [-0.2, 0) is 38.7 Å². The number of aliphatic hydroxyl groups is 3. The first-order valence-electron chi connectivity index (χ1n) is 20.2. The first-order chi connectivity index (χ1) is 25.0. The van der Waals surface area contributed by atoms with Gasteiger partial charge in [-0.1, -0.05) is 129 Å². The van der Waals surface area contributed by atoms with E-state index in [2.05, 4.69) is 26.0 Å². The Balaban J connectivity index is 2.51. The zero-order valence-corrected chi connectivity index (χ0v) is 33.0. The molecule has 4 N–H and O–H groups in total. The number of hydrogen-bond donors (Lipinski definition) is 4. The van der Waals surface area contributed by atoms with Crippen LogP contribution in [0.1, 0.15) is 168 Å². The molecule has 0 aromatic rings. The Morgan fingerprint density at radius 3 is 1.62 bits per heavy atom. The molecule has 6 atom stereocenters. The summed E-state index contributed by atoms with van der Waals surface area (Å²) in [5, 5.41) is 30.7. The number of allylic oxidation sites excluding steroid dienone is 2. The molecule has 0 bridgehead atoms. The van der Waals surface area contributed by atoms with Gasteiger partial charge in [-0.2, -0.15) is 8.42 Å². The highest BCUT2D eigenvalue weighted by Crippen LogP contribution is 2.24. The van der Waals surface area contributed by atoms with Crippen LogP contribution >= 0.6 is 0 Å². The van der Waals surface area contributed by atoms with Crippen LogP contribution in [0.2, 0.25) is 0 Å². The minimum Gasteiger partial charge on any atom is -0.462 e. The molecule has 13 heteroatoms. The Hall–Kier alpha value is -1.61. The fourth-order valence-electron chi connectivity index (χ4n) is 6.14. The van der Waals surface area contributed by atoms with Crippen LogP contribution in [-0.4, -0.2) is 96.0 Å². The number of carbonyl (C=O) groups is 2. The normalized spacial score (nSPS) is 21.4. The second-order valence-electron chi connectivity index (χ2n) is 14.3. The van der Waals surface area contributed by atoms with E-state index in [0.29, 0.717) is 12.8 Å². The smallest absolute Gasteiger partial charge is 0.306 e. The third kappa shape index (κ3) is 25.4. The number of unbranched alkanes of at least 4 members (excludes halogenated alkanes) is 19. The van der Waals surface area contributed by atoms with Crippen molar-refractivity contribution in [3.05, 3.63) is 12.2 Å². The van der Waals surface area contributed by atoms with Gasteiger partial charge < -0.3 is 34.3 Å². The summed E-state index contributed by atoms with van der Waals surface area (Å²) >= 11 is 0. The zero-order valence-electron chi connectivity index (χ0n) is 32.2. The summed E-state index contributed by atoms with van der Waals surface area (Å²) in [6.07, 6.45) is 19.9. The number of aliphatic hydroxyl groups excluding tert-OH is 3. The van der Waals surface area contributed by atoms with Gasteiger partial charge in [-0.3, -0.25) is 14.1 Å². The van der Waals surface area contributed by atoms with Crippen molar-refractivity contribution in [1.29, 1.82) is 0 Å². The van der Waals surface area contributed by atoms with Gasteiger partial charge in [0.1, 0.15) is 36.8 Å². The highest BCUT2D eigenvalue weighted by atomic mass is 32.2. The van der Waals surface area contributed by atoms with Gasteiger partial charge in [-0.15, -0.1) is 0 Å². The fraction of sp³-hybridized carbons (Fsp3) is 0.897. The van der Waals surface area contributed by atoms with E-state index in [4.69, 9.17) is 18.9 Å². The first kappa shape index (κ1) is 48.4. The predicted octanol–water partition coefficient (Wildman–Crippen LogP) is 7.11. The van der Waals surface area contributed by atoms with Crippen LogP contribution in [0, 0.1) is 0 Å². The second-order valence-corrected chi connectivity index (χ2v) is 15.8. The average Bonchev–Trinajstić information content (AvgIpc) is 3.10. The topological polar surface area (TPSA) is 186 Å². The van der Waals surface area contributed by atoms with E-state index in [-0.39, 0.29) is 19.4 Å². The molecule has 1 aliphatic heterocycles. The van der Waals surface area contributed by atoms with Gasteiger partial charge in [0.15, 0.2) is 12.4 Å². The largest absolute Gasteiger partial charge is 0.462 e. The summed E-state index contributed by atoms with van der Waals surface area (Å²) < 4.78 is 53.8. The highest BCUT2D eigenvalue weighted by molar-refractivity contribution is 7.85. The lowest BCUT2D eigenvalue weighted by Crippen LogP contribution is -2.60. The van der Waals surface area contributed by atoms with Crippen LogP contribution in [0.3, 0.4) is 0 Å². The third-order valence-electron chi connectivity index (χ3n) is 9.35. The number of ether oxygens (including phenoxy) is 4. The predicted molar refractivity (Wildman–Crippen MR) is 201 cm³/mol. The summed E-state index contributed by atoms with van der Waals surface area (Å²) in [6, 6.07) is 0. The van der Waals surface area contributed by atoms with Gasteiger partial charge >= 0.3 is 11.9 Å². The maximum Gasteiger partial charge on any atom is 0.306 e. The van der Waals surface area contributed by atoms with Crippen molar-refractivity contribution in [3.8, 4) is 0 Å². The van der Waals surface area contributed by atoms with Crippen molar-refractivity contribution >= 4 is 22.1 Å². The molecule has 0 amide bonds. The quantitative estimate of drug-likeness (QED) is 0.0230. The highest BCUT2D eigenvalue weighted by Gasteiger charge is 2.46. The lowest BCUT2D eigenvalue weighted by Gasteiger charge is -2.40. The Bertz CT molecular complexity index is 1040. The number of carbonyl (C=O) groups excluding carboxylic acids is 2. The van der Waals surface area contributed by atoms with Crippen LogP contribution in [0.5, 0.6) is 0 Å². The third-order valence-corrected chi connectivity index (χ3v) is 10.1. The standard InChI is InChI=1S/C39H72O12S/c1-3-5-7-9-11-13-14-15-16-17-18-20-22-24-26-28-35(41)50-32(29-48-34(40)27-25-23-21-19-12-10-8-6-4-2)30-49-39-38(44)37(43)36(42)33(51-39)31-52(45,46)47/h17-18,32-33,36-39,42-44H,3-16,19-31H2,1-2H3,(H,45,46,47)/b18-17+/t32-,33-,36-,37?,38?,39+/m1/s1. The number of rotatable bonds is 33. The lowest BCUT2D eigenvalue weighted by molar-refractivity contribution is -0.297. The van der Waals surface area contributed by atoms with E-state index in [1.54, 1.807) is 0 Å². The molecule has 0 saturated carbocycles. The lowest BCUT2D eigenvalue weighted by atomic mass is 10.00. The molecular formula is C39H72O12S.